The largest absolute Gasteiger partial charge is 0.480 e. The molecule has 2 saturated heterocycles. The van der Waals surface area contributed by atoms with Crippen LogP contribution < -0.4 is 5.32 Å². The second kappa shape index (κ2) is 9.46. The van der Waals surface area contributed by atoms with Gasteiger partial charge in [0, 0.05) is 25.6 Å². The van der Waals surface area contributed by atoms with Crippen LogP contribution in [0.1, 0.15) is 38.2 Å². The van der Waals surface area contributed by atoms with Gasteiger partial charge in [0.15, 0.2) is 0 Å². The van der Waals surface area contributed by atoms with E-state index in [4.69, 9.17) is 0 Å². The molecule has 7 nitrogen and oxygen atoms in total. The number of rotatable bonds is 5. The lowest BCUT2D eigenvalue weighted by Gasteiger charge is -2.31. The lowest BCUT2D eigenvalue weighted by molar-refractivity contribution is -0.152. The molecular weight excluding hydrogens is 370 g/mol. The third-order valence-corrected chi connectivity index (χ3v) is 5.52. The van der Waals surface area contributed by atoms with E-state index >= 15 is 0 Å². The minimum atomic E-state index is -0.976. The molecule has 0 unspecified atom stereocenters. The Hall–Kier alpha value is -3.01. The molecule has 7 heteroatoms. The summed E-state index contributed by atoms with van der Waals surface area (Å²) in [5, 5.41) is 12.3. The number of carboxylic acids is 1. The second-order valence-corrected chi connectivity index (χ2v) is 7.55. The van der Waals surface area contributed by atoms with Crippen LogP contribution in [0.25, 0.3) is 0 Å². The highest BCUT2D eigenvalue weighted by Crippen LogP contribution is 2.25. The Morgan fingerprint density at radius 3 is 2.45 bits per heavy atom. The minimum absolute atomic E-state index is 0.180. The zero-order chi connectivity index (χ0) is 20.8. The van der Waals surface area contributed by atoms with Gasteiger partial charge in [-0.2, -0.15) is 0 Å². The molecule has 3 atom stereocenters. The van der Waals surface area contributed by atoms with Crippen LogP contribution in [0.3, 0.4) is 0 Å². The van der Waals surface area contributed by atoms with Gasteiger partial charge < -0.3 is 20.2 Å². The van der Waals surface area contributed by atoms with E-state index in [0.29, 0.717) is 38.8 Å². The third kappa shape index (κ3) is 4.89. The molecule has 0 radical (unpaired) electrons. The number of amides is 2. The van der Waals surface area contributed by atoms with Gasteiger partial charge in [-0.15, -0.1) is 0 Å². The maximum atomic E-state index is 12.9. The molecule has 0 aliphatic carbocycles. The van der Waals surface area contributed by atoms with Gasteiger partial charge in [0.05, 0.1) is 0 Å². The number of nitrogens with one attached hydrogen (secondary N) is 1. The van der Waals surface area contributed by atoms with Crippen molar-refractivity contribution in [3.63, 3.8) is 0 Å². The number of aliphatic carboxylic acids is 1. The molecule has 2 N–H and O–H groups in total. The predicted molar refractivity (Wildman–Crippen MR) is 108 cm³/mol. The van der Waals surface area contributed by atoms with Gasteiger partial charge in [-0.25, -0.2) is 4.79 Å². The van der Waals surface area contributed by atoms with Crippen LogP contribution in [0.4, 0.5) is 0 Å². The summed E-state index contributed by atoms with van der Waals surface area (Å²) in [5.41, 5.74) is 1.10. The number of carbonyl (C=O) groups excluding carboxylic acids is 2. The lowest BCUT2D eigenvalue weighted by Crippen LogP contribution is -2.53. The first-order valence-corrected chi connectivity index (χ1v) is 10.1. The van der Waals surface area contributed by atoms with Gasteiger partial charge in [0.1, 0.15) is 18.1 Å². The lowest BCUT2D eigenvalue weighted by atomic mass is 10.1. The fourth-order valence-electron chi connectivity index (χ4n) is 3.98. The molecule has 2 aliphatic heterocycles. The molecule has 2 aliphatic rings. The molecule has 1 aromatic carbocycles. The van der Waals surface area contributed by atoms with Crippen molar-refractivity contribution in [1.29, 1.82) is 0 Å². The van der Waals surface area contributed by atoms with Crippen molar-refractivity contribution < 1.29 is 19.5 Å². The first-order chi connectivity index (χ1) is 14.0. The highest BCUT2D eigenvalue weighted by atomic mass is 16.4. The Bertz CT molecular complexity index is 814. The molecule has 2 fully saturated rings. The molecule has 0 spiro atoms. The van der Waals surface area contributed by atoms with Crippen LogP contribution in [0, 0.1) is 12.0 Å². The summed E-state index contributed by atoms with van der Waals surface area (Å²) >= 11 is 0. The Morgan fingerprint density at radius 1 is 1.10 bits per heavy atom. The first-order valence-electron chi connectivity index (χ1n) is 10.1. The number of hydrogen-bond acceptors (Lipinski definition) is 4. The van der Waals surface area contributed by atoms with E-state index in [1.54, 1.807) is 11.8 Å². The van der Waals surface area contributed by atoms with Crippen LogP contribution in [0.15, 0.2) is 30.3 Å². The molecular formula is C22H27N3O4. The van der Waals surface area contributed by atoms with Gasteiger partial charge in [0.25, 0.3) is 0 Å². The zero-order valence-corrected chi connectivity index (χ0v) is 16.6. The quantitative estimate of drug-likeness (QED) is 0.576. The molecule has 2 amide bonds. The fraction of sp³-hybridized carbons (Fsp3) is 0.500. The zero-order valence-electron chi connectivity index (χ0n) is 16.6. The van der Waals surface area contributed by atoms with Gasteiger partial charge in [0.2, 0.25) is 11.8 Å². The second-order valence-electron chi connectivity index (χ2n) is 7.55. The maximum Gasteiger partial charge on any atom is 0.326 e. The number of nitrogens with zero attached hydrogens (tertiary/aromatic N) is 2. The SMILES string of the molecule is C[C@H](NC#CCc1ccccc1)C(=O)N1CCC[C@H]1C(=O)N1CCC[C@H]1C(=O)O. The van der Waals surface area contributed by atoms with Gasteiger partial charge in [-0.1, -0.05) is 36.3 Å². The summed E-state index contributed by atoms with van der Waals surface area (Å²) in [7, 11) is 0. The monoisotopic (exact) mass is 397 g/mol. The summed E-state index contributed by atoms with van der Waals surface area (Å²) in [4.78, 5) is 40.2. The average molecular weight is 397 g/mol. The summed E-state index contributed by atoms with van der Waals surface area (Å²) in [5.74, 6) is 1.60. The van der Waals surface area contributed by atoms with E-state index in [-0.39, 0.29) is 11.8 Å². The molecule has 154 valence electrons. The molecule has 3 rings (SSSR count). The van der Waals surface area contributed by atoms with Crippen LogP contribution in [0.2, 0.25) is 0 Å². The number of carboxylic acid groups (broad SMARTS) is 1. The van der Waals surface area contributed by atoms with E-state index in [0.717, 1.165) is 12.0 Å². The van der Waals surface area contributed by atoms with Crippen molar-refractivity contribution in [2.24, 2.45) is 0 Å². The highest BCUT2D eigenvalue weighted by Gasteiger charge is 2.42. The standard InChI is InChI=1S/C22H27N3O4/c1-16(23-13-5-10-17-8-3-2-4-9-17)20(26)24-14-6-11-18(24)21(27)25-15-7-12-19(25)22(28)29/h2-4,8-9,16,18-19,23H,6-7,10-12,14-15H2,1H3,(H,28,29)/t16-,18-,19-/m0/s1. The van der Waals surface area contributed by atoms with E-state index in [9.17, 15) is 19.5 Å². The van der Waals surface area contributed by atoms with Crippen LogP contribution >= 0.6 is 0 Å². The van der Waals surface area contributed by atoms with Crippen LogP contribution in [-0.2, 0) is 20.8 Å². The van der Waals surface area contributed by atoms with Gasteiger partial charge in [-0.3, -0.25) is 9.59 Å². The minimum Gasteiger partial charge on any atom is -0.480 e. The van der Waals surface area contributed by atoms with Crippen molar-refractivity contribution >= 4 is 17.8 Å². The topological polar surface area (TPSA) is 90.0 Å². The highest BCUT2D eigenvalue weighted by molar-refractivity contribution is 5.92. The summed E-state index contributed by atoms with van der Waals surface area (Å²) in [6.07, 6.45) is 3.04. The molecule has 0 bridgehead atoms. The number of carbonyl (C=O) groups is 3. The van der Waals surface area contributed by atoms with Gasteiger partial charge in [-0.05, 0) is 38.2 Å². The van der Waals surface area contributed by atoms with E-state index < -0.39 is 24.1 Å². The molecule has 1 aromatic rings. The fourth-order valence-corrected chi connectivity index (χ4v) is 3.98. The smallest absolute Gasteiger partial charge is 0.326 e. The Balaban J connectivity index is 1.58. The molecule has 29 heavy (non-hydrogen) atoms. The van der Waals surface area contributed by atoms with E-state index in [2.05, 4.69) is 17.3 Å². The van der Waals surface area contributed by atoms with E-state index in [1.807, 2.05) is 30.3 Å². The number of hydrogen-bond donors (Lipinski definition) is 2. The Morgan fingerprint density at radius 2 is 1.76 bits per heavy atom. The van der Waals surface area contributed by atoms with Crippen molar-refractivity contribution in [3.8, 4) is 12.0 Å². The van der Waals surface area contributed by atoms with Crippen molar-refractivity contribution in [2.45, 2.75) is 57.2 Å². The maximum absolute atomic E-state index is 12.9. The average Bonchev–Trinajstić information content (AvgIpc) is 3.40. The molecule has 0 saturated carbocycles. The van der Waals surface area contributed by atoms with Crippen LogP contribution in [0.5, 0.6) is 0 Å². The summed E-state index contributed by atoms with van der Waals surface area (Å²) < 4.78 is 0. The van der Waals surface area contributed by atoms with Crippen molar-refractivity contribution in [2.75, 3.05) is 13.1 Å². The Labute approximate surface area is 171 Å². The van der Waals surface area contributed by atoms with Crippen LogP contribution in [-0.4, -0.2) is 63.9 Å². The predicted octanol–water partition coefficient (Wildman–Crippen LogP) is 1.23. The first kappa shape index (κ1) is 20.7. The molecule has 2 heterocycles. The number of benzene rings is 1. The Kier molecular flexibility index (Phi) is 6.76. The van der Waals surface area contributed by atoms with Crippen molar-refractivity contribution in [3.05, 3.63) is 35.9 Å². The van der Waals surface area contributed by atoms with Crippen molar-refractivity contribution in [1.82, 2.24) is 15.1 Å². The van der Waals surface area contributed by atoms with Gasteiger partial charge >= 0.3 is 5.97 Å². The summed E-state index contributed by atoms with van der Waals surface area (Å²) in [6, 6.07) is 10.8. The third-order valence-electron chi connectivity index (χ3n) is 5.52. The summed E-state index contributed by atoms with van der Waals surface area (Å²) in [6.45, 7) is 2.67. The molecule has 0 aromatic heterocycles. The number of likely N-dealkylation sites (tertiary alicyclic amines) is 2. The normalized spacial score (nSPS) is 22.0. The van der Waals surface area contributed by atoms with E-state index in [1.165, 1.54) is 4.90 Å².